The van der Waals surface area contributed by atoms with E-state index in [4.69, 9.17) is 4.74 Å². The molecule has 1 aromatic rings. The molecular weight excluding hydrogens is 318 g/mol. The van der Waals surface area contributed by atoms with Gasteiger partial charge in [-0.1, -0.05) is 18.2 Å². The minimum Gasteiger partial charge on any atom is -0.376 e. The van der Waals surface area contributed by atoms with Crippen LogP contribution >= 0.6 is 0 Å². The van der Waals surface area contributed by atoms with E-state index < -0.39 is 0 Å². The molecule has 2 fully saturated rings. The fourth-order valence-electron chi connectivity index (χ4n) is 3.43. The number of ether oxygens (including phenoxy) is 1. The molecular formula is C19H27N3O3. The Morgan fingerprint density at radius 2 is 1.96 bits per heavy atom. The number of likely N-dealkylation sites (tertiary alicyclic amines) is 1. The molecule has 0 spiro atoms. The molecule has 2 aliphatic heterocycles. The summed E-state index contributed by atoms with van der Waals surface area (Å²) in [5, 5.41) is 5.90. The van der Waals surface area contributed by atoms with E-state index in [0.717, 1.165) is 44.4 Å². The number of hydrogen-bond donors (Lipinski definition) is 2. The Kier molecular flexibility index (Phi) is 6.28. The first-order valence-corrected chi connectivity index (χ1v) is 9.22. The number of para-hydroxylation sites is 1. The first-order chi connectivity index (χ1) is 12.2. The number of piperidine rings is 1. The van der Waals surface area contributed by atoms with Crippen LogP contribution < -0.4 is 10.6 Å². The Morgan fingerprint density at radius 1 is 1.12 bits per heavy atom. The lowest BCUT2D eigenvalue weighted by Crippen LogP contribution is -2.48. The third-order valence-corrected chi connectivity index (χ3v) is 4.88. The molecule has 3 amide bonds. The van der Waals surface area contributed by atoms with E-state index in [1.54, 1.807) is 4.90 Å². The molecule has 0 saturated carbocycles. The van der Waals surface area contributed by atoms with Crippen LogP contribution in [-0.4, -0.2) is 49.2 Å². The number of amides is 3. The molecule has 2 saturated heterocycles. The second-order valence-corrected chi connectivity index (χ2v) is 6.82. The number of carbonyl (C=O) groups excluding carboxylic acids is 2. The van der Waals surface area contributed by atoms with Crippen LogP contribution in [0.15, 0.2) is 30.3 Å². The Labute approximate surface area is 148 Å². The number of anilines is 1. The summed E-state index contributed by atoms with van der Waals surface area (Å²) < 4.78 is 5.65. The van der Waals surface area contributed by atoms with E-state index in [1.807, 2.05) is 30.3 Å². The molecule has 2 atom stereocenters. The number of nitrogens with zero attached hydrogens (tertiary/aromatic N) is 1. The average Bonchev–Trinajstić information content (AvgIpc) is 2.68. The maximum atomic E-state index is 12.4. The minimum absolute atomic E-state index is 0.0337. The van der Waals surface area contributed by atoms with Crippen molar-refractivity contribution in [3.8, 4) is 0 Å². The zero-order chi connectivity index (χ0) is 17.5. The molecule has 25 heavy (non-hydrogen) atoms. The van der Waals surface area contributed by atoms with Gasteiger partial charge in [-0.15, -0.1) is 0 Å². The molecule has 2 unspecified atom stereocenters. The maximum absolute atomic E-state index is 12.4. The van der Waals surface area contributed by atoms with Crippen LogP contribution in [0.5, 0.6) is 0 Å². The van der Waals surface area contributed by atoms with Gasteiger partial charge in [-0.2, -0.15) is 0 Å². The molecule has 0 bridgehead atoms. The molecule has 0 aliphatic carbocycles. The number of nitrogens with one attached hydrogen (secondary N) is 2. The Morgan fingerprint density at radius 3 is 2.72 bits per heavy atom. The average molecular weight is 345 g/mol. The Bertz CT molecular complexity index is 573. The summed E-state index contributed by atoms with van der Waals surface area (Å²) in [5.41, 5.74) is 0.772. The topological polar surface area (TPSA) is 70.7 Å². The van der Waals surface area contributed by atoms with E-state index in [9.17, 15) is 9.59 Å². The van der Waals surface area contributed by atoms with Gasteiger partial charge in [-0.3, -0.25) is 4.79 Å². The lowest BCUT2D eigenvalue weighted by Gasteiger charge is -2.32. The highest BCUT2D eigenvalue weighted by Gasteiger charge is 2.29. The molecule has 2 N–H and O–H groups in total. The molecule has 2 aliphatic rings. The van der Waals surface area contributed by atoms with Gasteiger partial charge in [0.15, 0.2) is 0 Å². The van der Waals surface area contributed by atoms with Crippen molar-refractivity contribution in [1.29, 1.82) is 0 Å². The van der Waals surface area contributed by atoms with Crippen molar-refractivity contribution in [1.82, 2.24) is 10.2 Å². The second kappa shape index (κ2) is 8.85. The van der Waals surface area contributed by atoms with Crippen molar-refractivity contribution in [3.63, 3.8) is 0 Å². The summed E-state index contributed by atoms with van der Waals surface area (Å²) in [6.45, 7) is 2.52. The fourth-order valence-corrected chi connectivity index (χ4v) is 3.43. The monoisotopic (exact) mass is 345 g/mol. The van der Waals surface area contributed by atoms with Crippen molar-refractivity contribution in [3.05, 3.63) is 30.3 Å². The van der Waals surface area contributed by atoms with E-state index in [2.05, 4.69) is 10.6 Å². The number of hydrogen-bond acceptors (Lipinski definition) is 3. The van der Waals surface area contributed by atoms with E-state index in [1.165, 1.54) is 0 Å². The van der Waals surface area contributed by atoms with Crippen molar-refractivity contribution in [2.75, 3.05) is 31.6 Å². The molecule has 2 heterocycles. The fraction of sp³-hybridized carbons (Fsp3) is 0.579. The molecule has 136 valence electrons. The van der Waals surface area contributed by atoms with Gasteiger partial charge in [0.25, 0.3) is 0 Å². The second-order valence-electron chi connectivity index (χ2n) is 6.82. The quantitative estimate of drug-likeness (QED) is 0.881. The number of benzene rings is 1. The van der Waals surface area contributed by atoms with Crippen LogP contribution in [0.1, 0.15) is 32.1 Å². The number of carbonyl (C=O) groups is 2. The smallest absolute Gasteiger partial charge is 0.321 e. The molecule has 1 aromatic carbocycles. The van der Waals surface area contributed by atoms with E-state index >= 15 is 0 Å². The standard InChI is InChI=1S/C19H27N3O3/c23-18(20-13-17-10-4-5-12-25-17)15-7-6-11-22(14-15)19(24)21-16-8-2-1-3-9-16/h1-3,8-9,15,17H,4-7,10-14H2,(H,20,23)(H,21,24). The van der Waals surface area contributed by atoms with Gasteiger partial charge in [-0.25, -0.2) is 4.79 Å². The normalized spacial score (nSPS) is 23.8. The lowest BCUT2D eigenvalue weighted by molar-refractivity contribution is -0.127. The summed E-state index contributed by atoms with van der Waals surface area (Å²) in [6, 6.07) is 9.25. The van der Waals surface area contributed by atoms with Crippen LogP contribution in [0.4, 0.5) is 10.5 Å². The first kappa shape index (κ1) is 17.7. The molecule has 6 heteroatoms. The highest BCUT2D eigenvalue weighted by atomic mass is 16.5. The molecule has 6 nitrogen and oxygen atoms in total. The predicted octanol–water partition coefficient (Wildman–Crippen LogP) is 2.62. The van der Waals surface area contributed by atoms with Crippen LogP contribution in [0.2, 0.25) is 0 Å². The van der Waals surface area contributed by atoms with Gasteiger partial charge in [0.2, 0.25) is 5.91 Å². The summed E-state index contributed by atoms with van der Waals surface area (Å²) >= 11 is 0. The molecule has 3 rings (SSSR count). The van der Waals surface area contributed by atoms with Crippen molar-refractivity contribution in [2.24, 2.45) is 5.92 Å². The maximum Gasteiger partial charge on any atom is 0.321 e. The van der Waals surface area contributed by atoms with Crippen molar-refractivity contribution < 1.29 is 14.3 Å². The summed E-state index contributed by atoms with van der Waals surface area (Å²) in [6.07, 6.45) is 5.10. The first-order valence-electron chi connectivity index (χ1n) is 9.22. The van der Waals surface area contributed by atoms with Crippen molar-refractivity contribution >= 4 is 17.6 Å². The SMILES string of the molecule is O=C(NCC1CCCCO1)C1CCCN(C(=O)Nc2ccccc2)C1. The lowest BCUT2D eigenvalue weighted by atomic mass is 9.97. The summed E-state index contributed by atoms with van der Waals surface area (Å²) in [5.74, 6) is -0.106. The summed E-state index contributed by atoms with van der Waals surface area (Å²) in [7, 11) is 0. The van der Waals surface area contributed by atoms with E-state index in [0.29, 0.717) is 19.6 Å². The highest BCUT2D eigenvalue weighted by molar-refractivity contribution is 5.90. The highest BCUT2D eigenvalue weighted by Crippen LogP contribution is 2.18. The van der Waals surface area contributed by atoms with Crippen LogP contribution in [0, 0.1) is 5.92 Å². The minimum atomic E-state index is -0.140. The van der Waals surface area contributed by atoms with Crippen LogP contribution in [0.3, 0.4) is 0 Å². The van der Waals surface area contributed by atoms with E-state index in [-0.39, 0.29) is 24.0 Å². The summed E-state index contributed by atoms with van der Waals surface area (Å²) in [4.78, 5) is 26.6. The Hall–Kier alpha value is -2.08. The zero-order valence-electron chi connectivity index (χ0n) is 14.6. The van der Waals surface area contributed by atoms with Crippen LogP contribution in [-0.2, 0) is 9.53 Å². The predicted molar refractivity (Wildman–Crippen MR) is 96.4 cm³/mol. The third-order valence-electron chi connectivity index (χ3n) is 4.88. The van der Waals surface area contributed by atoms with Crippen molar-refractivity contribution in [2.45, 2.75) is 38.2 Å². The Balaban J connectivity index is 1.46. The largest absolute Gasteiger partial charge is 0.376 e. The number of rotatable bonds is 4. The molecule has 0 radical (unpaired) electrons. The third kappa shape index (κ3) is 5.19. The van der Waals surface area contributed by atoms with Crippen LogP contribution in [0.25, 0.3) is 0 Å². The molecule has 0 aromatic heterocycles. The van der Waals surface area contributed by atoms with Gasteiger partial charge in [0.05, 0.1) is 12.0 Å². The van der Waals surface area contributed by atoms with Gasteiger partial charge < -0.3 is 20.3 Å². The van der Waals surface area contributed by atoms with Gasteiger partial charge in [0.1, 0.15) is 0 Å². The van der Waals surface area contributed by atoms with Gasteiger partial charge in [0, 0.05) is 31.9 Å². The van der Waals surface area contributed by atoms with Gasteiger partial charge in [-0.05, 0) is 44.2 Å². The van der Waals surface area contributed by atoms with Gasteiger partial charge >= 0.3 is 6.03 Å². The zero-order valence-corrected chi connectivity index (χ0v) is 14.6. The number of urea groups is 1.